The van der Waals surface area contributed by atoms with E-state index in [9.17, 15) is 4.79 Å². The maximum absolute atomic E-state index is 10.7. The van der Waals surface area contributed by atoms with E-state index in [-0.39, 0.29) is 0 Å². The van der Waals surface area contributed by atoms with Crippen molar-refractivity contribution in [3.63, 3.8) is 0 Å². The SMILES string of the molecule is CCOc1cccc(/C=C(/C=O)CC)c1. The van der Waals surface area contributed by atoms with Crippen molar-refractivity contribution >= 4 is 12.4 Å². The number of carbonyl (C=O) groups excluding carboxylic acids is 1. The maximum Gasteiger partial charge on any atom is 0.146 e. The van der Waals surface area contributed by atoms with Gasteiger partial charge in [-0.25, -0.2) is 0 Å². The highest BCUT2D eigenvalue weighted by Gasteiger charge is 1.95. The third-order valence-corrected chi connectivity index (χ3v) is 2.08. The molecule has 0 saturated heterocycles. The van der Waals surface area contributed by atoms with Gasteiger partial charge in [0.25, 0.3) is 0 Å². The van der Waals surface area contributed by atoms with Crippen molar-refractivity contribution in [1.29, 1.82) is 0 Å². The van der Waals surface area contributed by atoms with Gasteiger partial charge in [-0.05, 0) is 42.7 Å². The Balaban J connectivity index is 2.89. The fourth-order valence-corrected chi connectivity index (χ4v) is 1.29. The molecule has 0 fully saturated rings. The number of ether oxygens (including phenoxy) is 1. The molecular formula is C13H16O2. The summed E-state index contributed by atoms with van der Waals surface area (Å²) >= 11 is 0. The molecule has 0 saturated carbocycles. The Morgan fingerprint density at radius 3 is 2.80 bits per heavy atom. The lowest BCUT2D eigenvalue weighted by Gasteiger charge is -2.03. The van der Waals surface area contributed by atoms with Crippen LogP contribution in [0.5, 0.6) is 5.75 Å². The second-order valence-electron chi connectivity index (χ2n) is 3.20. The van der Waals surface area contributed by atoms with Gasteiger partial charge in [-0.1, -0.05) is 19.1 Å². The summed E-state index contributed by atoms with van der Waals surface area (Å²) in [7, 11) is 0. The summed E-state index contributed by atoms with van der Waals surface area (Å²) in [6.45, 7) is 4.57. The monoisotopic (exact) mass is 204 g/mol. The van der Waals surface area contributed by atoms with Crippen LogP contribution in [0.4, 0.5) is 0 Å². The number of hydrogen-bond donors (Lipinski definition) is 0. The quantitative estimate of drug-likeness (QED) is 0.544. The normalized spacial score (nSPS) is 11.2. The van der Waals surface area contributed by atoms with Crippen molar-refractivity contribution in [1.82, 2.24) is 0 Å². The van der Waals surface area contributed by atoms with Gasteiger partial charge in [0.05, 0.1) is 6.61 Å². The van der Waals surface area contributed by atoms with Gasteiger partial charge < -0.3 is 4.74 Å². The molecule has 15 heavy (non-hydrogen) atoms. The van der Waals surface area contributed by atoms with Crippen LogP contribution in [-0.2, 0) is 4.79 Å². The largest absolute Gasteiger partial charge is 0.494 e. The molecule has 0 N–H and O–H groups in total. The van der Waals surface area contributed by atoms with E-state index in [1.54, 1.807) is 0 Å². The van der Waals surface area contributed by atoms with E-state index in [1.807, 2.05) is 44.2 Å². The molecule has 2 heteroatoms. The summed E-state index contributed by atoms with van der Waals surface area (Å²) in [5.41, 5.74) is 1.80. The zero-order valence-electron chi connectivity index (χ0n) is 9.19. The molecular weight excluding hydrogens is 188 g/mol. The molecule has 0 bridgehead atoms. The van der Waals surface area contributed by atoms with Crippen LogP contribution in [0.1, 0.15) is 25.8 Å². The van der Waals surface area contributed by atoms with E-state index in [0.29, 0.717) is 6.61 Å². The summed E-state index contributed by atoms with van der Waals surface area (Å²) < 4.78 is 5.38. The van der Waals surface area contributed by atoms with Gasteiger partial charge in [0.1, 0.15) is 12.0 Å². The molecule has 1 rings (SSSR count). The number of allylic oxidation sites excluding steroid dienone is 1. The number of rotatable bonds is 5. The highest BCUT2D eigenvalue weighted by atomic mass is 16.5. The van der Waals surface area contributed by atoms with Gasteiger partial charge in [-0.2, -0.15) is 0 Å². The second-order valence-corrected chi connectivity index (χ2v) is 3.20. The van der Waals surface area contributed by atoms with E-state index < -0.39 is 0 Å². The minimum absolute atomic E-state index is 0.654. The van der Waals surface area contributed by atoms with E-state index in [4.69, 9.17) is 4.74 Å². The minimum atomic E-state index is 0.654. The van der Waals surface area contributed by atoms with Gasteiger partial charge in [-0.3, -0.25) is 4.79 Å². The number of hydrogen-bond acceptors (Lipinski definition) is 2. The Morgan fingerprint density at radius 1 is 1.40 bits per heavy atom. The van der Waals surface area contributed by atoms with Crippen LogP contribution in [0.3, 0.4) is 0 Å². The van der Waals surface area contributed by atoms with Gasteiger partial charge >= 0.3 is 0 Å². The molecule has 0 radical (unpaired) electrons. The molecule has 0 heterocycles. The molecule has 0 unspecified atom stereocenters. The van der Waals surface area contributed by atoms with Crippen molar-refractivity contribution < 1.29 is 9.53 Å². The smallest absolute Gasteiger partial charge is 0.146 e. The lowest BCUT2D eigenvalue weighted by molar-refractivity contribution is -0.104. The number of aldehydes is 1. The van der Waals surface area contributed by atoms with E-state index in [1.165, 1.54) is 0 Å². The van der Waals surface area contributed by atoms with Crippen molar-refractivity contribution in [2.24, 2.45) is 0 Å². The number of benzene rings is 1. The molecule has 0 spiro atoms. The highest BCUT2D eigenvalue weighted by Crippen LogP contribution is 2.16. The predicted octanol–water partition coefficient (Wildman–Crippen LogP) is 3.08. The van der Waals surface area contributed by atoms with Gasteiger partial charge in [0.2, 0.25) is 0 Å². The van der Waals surface area contributed by atoms with E-state index in [2.05, 4.69) is 0 Å². The summed E-state index contributed by atoms with van der Waals surface area (Å²) in [6, 6.07) is 7.73. The first-order chi connectivity index (χ1) is 7.30. The summed E-state index contributed by atoms with van der Waals surface area (Å²) in [4.78, 5) is 10.7. The van der Waals surface area contributed by atoms with Crippen molar-refractivity contribution in [3.8, 4) is 5.75 Å². The zero-order valence-corrected chi connectivity index (χ0v) is 9.19. The Bertz CT molecular complexity index is 353. The van der Waals surface area contributed by atoms with Crippen LogP contribution in [0, 0.1) is 0 Å². The van der Waals surface area contributed by atoms with Crippen LogP contribution in [0.2, 0.25) is 0 Å². The first kappa shape index (κ1) is 11.5. The molecule has 0 atom stereocenters. The lowest BCUT2D eigenvalue weighted by Crippen LogP contribution is -1.91. The molecule has 2 nitrogen and oxygen atoms in total. The first-order valence-corrected chi connectivity index (χ1v) is 5.18. The fourth-order valence-electron chi connectivity index (χ4n) is 1.29. The topological polar surface area (TPSA) is 26.3 Å². The molecule has 0 aliphatic rings. The van der Waals surface area contributed by atoms with Crippen LogP contribution in [0.25, 0.3) is 6.08 Å². The van der Waals surface area contributed by atoms with Gasteiger partial charge in [-0.15, -0.1) is 0 Å². The van der Waals surface area contributed by atoms with Crippen molar-refractivity contribution in [2.75, 3.05) is 6.61 Å². The third-order valence-electron chi connectivity index (χ3n) is 2.08. The number of carbonyl (C=O) groups is 1. The fraction of sp³-hybridized carbons (Fsp3) is 0.308. The molecule has 0 aromatic heterocycles. The average Bonchev–Trinajstić information content (AvgIpc) is 2.27. The van der Waals surface area contributed by atoms with Crippen LogP contribution in [-0.4, -0.2) is 12.9 Å². The van der Waals surface area contributed by atoms with Crippen LogP contribution in [0.15, 0.2) is 29.8 Å². The molecule has 1 aromatic carbocycles. The van der Waals surface area contributed by atoms with Gasteiger partial charge in [0.15, 0.2) is 0 Å². The Kier molecular flexibility index (Phi) is 4.61. The standard InChI is InChI=1S/C13H16O2/c1-3-11(10-14)8-12-6-5-7-13(9-12)15-4-2/h5-10H,3-4H2,1-2H3/b11-8+. The van der Waals surface area contributed by atoms with Crippen LogP contribution < -0.4 is 4.74 Å². The highest BCUT2D eigenvalue weighted by molar-refractivity contribution is 5.81. The van der Waals surface area contributed by atoms with Crippen molar-refractivity contribution in [3.05, 3.63) is 35.4 Å². The summed E-state index contributed by atoms with van der Waals surface area (Å²) in [6.07, 6.45) is 3.53. The van der Waals surface area contributed by atoms with Crippen molar-refractivity contribution in [2.45, 2.75) is 20.3 Å². The maximum atomic E-state index is 10.7. The van der Waals surface area contributed by atoms with Gasteiger partial charge in [0, 0.05) is 0 Å². The Labute approximate surface area is 90.6 Å². The summed E-state index contributed by atoms with van der Waals surface area (Å²) in [5, 5.41) is 0. The molecule has 0 aliphatic carbocycles. The van der Waals surface area contributed by atoms with E-state index in [0.717, 1.165) is 29.6 Å². The lowest BCUT2D eigenvalue weighted by atomic mass is 10.1. The minimum Gasteiger partial charge on any atom is -0.494 e. The molecule has 0 aliphatic heterocycles. The Morgan fingerprint density at radius 2 is 2.20 bits per heavy atom. The third kappa shape index (κ3) is 3.58. The first-order valence-electron chi connectivity index (χ1n) is 5.18. The molecule has 1 aromatic rings. The van der Waals surface area contributed by atoms with Crippen LogP contribution >= 0.6 is 0 Å². The Hall–Kier alpha value is -1.57. The second kappa shape index (κ2) is 6.02. The zero-order chi connectivity index (χ0) is 11.1. The van der Waals surface area contributed by atoms with E-state index >= 15 is 0 Å². The molecule has 0 amide bonds. The average molecular weight is 204 g/mol. The summed E-state index contributed by atoms with van der Waals surface area (Å²) in [5.74, 6) is 0.840. The molecule has 80 valence electrons. The predicted molar refractivity (Wildman–Crippen MR) is 61.9 cm³/mol.